The van der Waals surface area contributed by atoms with Crippen LogP contribution in [0.25, 0.3) is 0 Å². The molecule has 36 heavy (non-hydrogen) atoms. The lowest BCUT2D eigenvalue weighted by molar-refractivity contribution is -0.124. The Morgan fingerprint density at radius 3 is 2.39 bits per heavy atom. The van der Waals surface area contributed by atoms with Gasteiger partial charge in [0.25, 0.3) is 0 Å². The van der Waals surface area contributed by atoms with Gasteiger partial charge in [0.2, 0.25) is 5.91 Å². The van der Waals surface area contributed by atoms with Crippen molar-refractivity contribution in [1.29, 1.82) is 0 Å². The van der Waals surface area contributed by atoms with E-state index >= 15 is 0 Å². The van der Waals surface area contributed by atoms with Crippen molar-refractivity contribution in [1.82, 2.24) is 4.98 Å². The molecule has 4 rings (SSSR count). The van der Waals surface area contributed by atoms with Crippen LogP contribution in [-0.4, -0.2) is 33.3 Å². The first-order valence-electron chi connectivity index (χ1n) is 12.9. The molecule has 194 valence electrons. The van der Waals surface area contributed by atoms with Gasteiger partial charge in [0.05, 0.1) is 10.6 Å². The number of nitrogens with zero attached hydrogens (tertiary/aromatic N) is 2. The van der Waals surface area contributed by atoms with Gasteiger partial charge in [0, 0.05) is 34.2 Å². The topological polar surface area (TPSA) is 70.5 Å². The minimum atomic E-state index is -0.984. The number of amides is 1. The number of carbonyl (C=O) groups excluding carboxylic acids is 1. The number of hydrogen-bond acceptors (Lipinski definition) is 6. The molecule has 1 amide bonds. The molecule has 2 saturated carbocycles. The molecule has 5 nitrogen and oxygen atoms in total. The molecule has 0 bridgehead atoms. The van der Waals surface area contributed by atoms with Crippen LogP contribution in [0.15, 0.2) is 22.0 Å². The summed E-state index contributed by atoms with van der Waals surface area (Å²) in [6, 6.07) is 1.87. The Kier molecular flexibility index (Phi) is 8.85. The van der Waals surface area contributed by atoms with Crippen LogP contribution in [0.5, 0.6) is 0 Å². The van der Waals surface area contributed by atoms with E-state index in [4.69, 9.17) is 0 Å². The largest absolute Gasteiger partial charge is 0.477 e. The average molecular weight is 545 g/mol. The van der Waals surface area contributed by atoms with Crippen LogP contribution in [0.4, 0.5) is 5.69 Å². The Balaban J connectivity index is 1.62. The molecule has 0 aromatic carbocycles. The van der Waals surface area contributed by atoms with E-state index in [0.717, 1.165) is 55.7 Å². The number of thioether (sulfide) groups is 1. The molecule has 0 saturated heterocycles. The number of thiophene rings is 1. The maximum Gasteiger partial charge on any atom is 0.348 e. The zero-order valence-electron chi connectivity index (χ0n) is 21.6. The minimum absolute atomic E-state index is 0.0149. The number of aromatic nitrogens is 1. The SMILES string of the molecule is CC(C)(C)C#Cc1cc(N(C(=O)[C@H]2CC[C@H](C)CC2)[C@H]2CC[C@@H](Sc3nccs3)CC2)c(C(=O)O)s1. The van der Waals surface area contributed by atoms with E-state index in [1.807, 2.05) is 55.1 Å². The fraction of sp³-hybridized carbons (Fsp3) is 0.607. The summed E-state index contributed by atoms with van der Waals surface area (Å²) >= 11 is 4.69. The lowest BCUT2D eigenvalue weighted by atomic mass is 9.81. The molecule has 0 spiro atoms. The van der Waals surface area contributed by atoms with Crippen molar-refractivity contribution in [3.63, 3.8) is 0 Å². The van der Waals surface area contributed by atoms with E-state index in [1.54, 1.807) is 11.3 Å². The Morgan fingerprint density at radius 2 is 1.81 bits per heavy atom. The predicted molar refractivity (Wildman–Crippen MR) is 150 cm³/mol. The smallest absolute Gasteiger partial charge is 0.348 e. The summed E-state index contributed by atoms with van der Waals surface area (Å²) in [5.41, 5.74) is 0.361. The van der Waals surface area contributed by atoms with Crippen molar-refractivity contribution >= 4 is 52.0 Å². The number of hydrogen-bond donors (Lipinski definition) is 1. The molecule has 2 fully saturated rings. The lowest BCUT2D eigenvalue weighted by Crippen LogP contribution is -2.46. The Bertz CT molecular complexity index is 1110. The molecule has 0 radical (unpaired) electrons. The van der Waals surface area contributed by atoms with Crippen molar-refractivity contribution in [3.05, 3.63) is 27.4 Å². The van der Waals surface area contributed by atoms with Crippen LogP contribution in [-0.2, 0) is 4.79 Å². The second-order valence-electron chi connectivity index (χ2n) is 11.1. The fourth-order valence-corrected chi connectivity index (χ4v) is 7.97. The van der Waals surface area contributed by atoms with E-state index in [1.165, 1.54) is 11.3 Å². The fourth-order valence-electron chi connectivity index (χ4n) is 5.06. The number of thiazole rings is 1. The van der Waals surface area contributed by atoms with E-state index < -0.39 is 5.97 Å². The van der Waals surface area contributed by atoms with E-state index in [9.17, 15) is 14.7 Å². The van der Waals surface area contributed by atoms with E-state index in [-0.39, 0.29) is 28.2 Å². The first kappa shape index (κ1) is 27.2. The Labute approximate surface area is 227 Å². The summed E-state index contributed by atoms with van der Waals surface area (Å²) < 4.78 is 1.09. The molecule has 8 heteroatoms. The van der Waals surface area contributed by atoms with Crippen molar-refractivity contribution in [3.8, 4) is 11.8 Å². The summed E-state index contributed by atoms with van der Waals surface area (Å²) in [6.45, 7) is 8.36. The van der Waals surface area contributed by atoms with Gasteiger partial charge in [-0.15, -0.1) is 22.7 Å². The molecule has 0 unspecified atom stereocenters. The number of carbonyl (C=O) groups is 2. The Hall–Kier alpha value is -1.82. The van der Waals surface area contributed by atoms with Crippen molar-refractivity contribution in [2.75, 3.05) is 4.90 Å². The number of carboxylic acid groups (broad SMARTS) is 1. The minimum Gasteiger partial charge on any atom is -0.477 e. The molecule has 0 atom stereocenters. The second kappa shape index (κ2) is 11.7. The molecular formula is C28H36N2O3S3. The van der Waals surface area contributed by atoms with Gasteiger partial charge in [-0.3, -0.25) is 4.79 Å². The maximum atomic E-state index is 14.0. The maximum absolute atomic E-state index is 14.0. The van der Waals surface area contributed by atoms with Crippen LogP contribution in [0.3, 0.4) is 0 Å². The quantitative estimate of drug-likeness (QED) is 0.380. The predicted octanol–water partition coefficient (Wildman–Crippen LogP) is 7.56. The molecule has 2 aromatic rings. The van der Waals surface area contributed by atoms with Gasteiger partial charge in [-0.2, -0.15) is 0 Å². The molecule has 2 heterocycles. The third-order valence-electron chi connectivity index (χ3n) is 7.02. The monoisotopic (exact) mass is 544 g/mol. The van der Waals surface area contributed by atoms with Crippen LogP contribution in [0.1, 0.15) is 93.6 Å². The Morgan fingerprint density at radius 1 is 1.11 bits per heavy atom. The van der Waals surface area contributed by atoms with Crippen molar-refractivity contribution in [2.45, 2.75) is 94.7 Å². The molecule has 1 N–H and O–H groups in total. The average Bonchev–Trinajstić information content (AvgIpc) is 3.49. The molecule has 2 aliphatic rings. The van der Waals surface area contributed by atoms with Gasteiger partial charge in [0.1, 0.15) is 9.22 Å². The summed E-state index contributed by atoms with van der Waals surface area (Å²) in [7, 11) is 0. The summed E-state index contributed by atoms with van der Waals surface area (Å²) in [5, 5.41) is 12.6. The van der Waals surface area contributed by atoms with Crippen LogP contribution in [0, 0.1) is 29.1 Å². The van der Waals surface area contributed by atoms with Crippen LogP contribution >= 0.6 is 34.4 Å². The zero-order chi connectivity index (χ0) is 25.9. The normalized spacial score (nSPS) is 24.6. The summed E-state index contributed by atoms with van der Waals surface area (Å²) in [4.78, 5) is 33.6. The first-order valence-corrected chi connectivity index (χ1v) is 15.5. The van der Waals surface area contributed by atoms with E-state index in [2.05, 4.69) is 23.7 Å². The summed E-state index contributed by atoms with van der Waals surface area (Å²) in [6.07, 6.45) is 9.44. The molecule has 0 aliphatic heterocycles. The number of carboxylic acids is 1. The molecule has 2 aromatic heterocycles. The van der Waals surface area contributed by atoms with Gasteiger partial charge in [0.15, 0.2) is 0 Å². The molecule has 2 aliphatic carbocycles. The standard InChI is InChI=1S/C28H36N2O3S3/c1-18-5-7-19(8-6-18)25(31)30(20-9-11-21(12-10-20)36-27-29-15-16-34-27)23-17-22(13-14-28(2,3)4)35-24(23)26(32)33/h15-21H,5-12H2,1-4H3,(H,32,33)/t18-,19-,20-,21+. The van der Waals surface area contributed by atoms with E-state index in [0.29, 0.717) is 21.7 Å². The number of aromatic carboxylic acids is 1. The van der Waals surface area contributed by atoms with Gasteiger partial charge >= 0.3 is 5.97 Å². The van der Waals surface area contributed by atoms with Gasteiger partial charge in [-0.25, -0.2) is 9.78 Å². The lowest BCUT2D eigenvalue weighted by Gasteiger charge is -2.39. The third-order valence-corrected chi connectivity index (χ3v) is 10.3. The highest BCUT2D eigenvalue weighted by atomic mass is 32.2. The zero-order valence-corrected chi connectivity index (χ0v) is 24.0. The second-order valence-corrected chi connectivity index (χ2v) is 14.6. The highest BCUT2D eigenvalue weighted by Gasteiger charge is 2.37. The van der Waals surface area contributed by atoms with Gasteiger partial charge in [-0.05, 0) is 84.1 Å². The highest BCUT2D eigenvalue weighted by molar-refractivity contribution is 8.01. The highest BCUT2D eigenvalue weighted by Crippen LogP contribution is 2.41. The van der Waals surface area contributed by atoms with Crippen molar-refractivity contribution in [2.24, 2.45) is 17.3 Å². The molecular weight excluding hydrogens is 509 g/mol. The van der Waals surface area contributed by atoms with Gasteiger partial charge < -0.3 is 10.0 Å². The third kappa shape index (κ3) is 6.93. The first-order chi connectivity index (χ1) is 17.1. The van der Waals surface area contributed by atoms with Gasteiger partial charge in [-0.1, -0.05) is 30.5 Å². The number of anilines is 1. The van der Waals surface area contributed by atoms with Crippen LogP contribution in [0.2, 0.25) is 0 Å². The van der Waals surface area contributed by atoms with Crippen molar-refractivity contribution < 1.29 is 14.7 Å². The summed E-state index contributed by atoms with van der Waals surface area (Å²) in [5.74, 6) is 6.13. The number of rotatable bonds is 6. The van der Waals surface area contributed by atoms with Crippen LogP contribution < -0.4 is 4.90 Å².